The van der Waals surface area contributed by atoms with Crippen molar-refractivity contribution in [3.63, 3.8) is 0 Å². The number of phenols is 2. The molecule has 128 valence electrons. The molecule has 25 heavy (non-hydrogen) atoms. The highest BCUT2D eigenvalue weighted by molar-refractivity contribution is 7.15. The number of hydrogen-bond donors (Lipinski definition) is 4. The highest BCUT2D eigenvalue weighted by Gasteiger charge is 2.13. The van der Waals surface area contributed by atoms with Crippen LogP contribution in [-0.2, 0) is 6.42 Å². The molecule has 0 saturated carbocycles. The second-order valence-electron chi connectivity index (χ2n) is 5.33. The van der Waals surface area contributed by atoms with Crippen molar-refractivity contribution in [2.75, 3.05) is 0 Å². The van der Waals surface area contributed by atoms with Gasteiger partial charge in [0.25, 0.3) is 0 Å². The van der Waals surface area contributed by atoms with E-state index in [4.69, 9.17) is 0 Å². The number of phenolic OH excluding ortho intramolecular Hbond substituents is 2. The van der Waals surface area contributed by atoms with Gasteiger partial charge in [-0.1, -0.05) is 48.6 Å². The molecule has 7 heteroatoms. The molecule has 0 aliphatic carbocycles. The maximum atomic E-state index is 10.1. The number of benzene rings is 2. The molecule has 0 unspecified atom stereocenters. The minimum atomic E-state index is -0.143. The molecule has 1 heterocycles. The maximum Gasteiger partial charge on any atom is 0.148 e. The Hall–Kier alpha value is -2.90. The molecule has 4 N–H and O–H groups in total. The lowest BCUT2D eigenvalue weighted by Crippen LogP contribution is -2.06. The SMILES string of the molecule is CCc1cc(/C(=C/c2nnc(-c3ccccc3)s2)NO)c(O)cc1O. The summed E-state index contributed by atoms with van der Waals surface area (Å²) >= 11 is 1.36. The molecule has 0 aliphatic rings. The van der Waals surface area contributed by atoms with Crippen LogP contribution in [0.25, 0.3) is 22.3 Å². The molecule has 2 aromatic carbocycles. The molecule has 0 spiro atoms. The minimum Gasteiger partial charge on any atom is -0.508 e. The molecule has 0 aliphatic heterocycles. The van der Waals surface area contributed by atoms with Gasteiger partial charge >= 0.3 is 0 Å². The van der Waals surface area contributed by atoms with Crippen LogP contribution in [0.1, 0.15) is 23.1 Å². The Bertz CT molecular complexity index is 907. The van der Waals surface area contributed by atoms with Crippen LogP contribution in [0.2, 0.25) is 0 Å². The van der Waals surface area contributed by atoms with Gasteiger partial charge < -0.3 is 10.2 Å². The number of hydrogen-bond acceptors (Lipinski definition) is 7. The Morgan fingerprint density at radius 1 is 1.12 bits per heavy atom. The van der Waals surface area contributed by atoms with Crippen LogP contribution in [0.4, 0.5) is 0 Å². The van der Waals surface area contributed by atoms with Gasteiger partial charge in [-0.2, -0.15) is 0 Å². The predicted octanol–water partition coefficient (Wildman–Crippen LogP) is 3.66. The van der Waals surface area contributed by atoms with E-state index in [1.165, 1.54) is 17.4 Å². The number of aromatic hydroxyl groups is 2. The van der Waals surface area contributed by atoms with Crippen LogP contribution in [0.5, 0.6) is 11.5 Å². The Morgan fingerprint density at radius 2 is 1.88 bits per heavy atom. The van der Waals surface area contributed by atoms with Gasteiger partial charge in [-0.15, -0.1) is 10.2 Å². The fourth-order valence-corrected chi connectivity index (χ4v) is 3.20. The highest BCUT2D eigenvalue weighted by Crippen LogP contribution is 2.33. The van der Waals surface area contributed by atoms with E-state index < -0.39 is 0 Å². The van der Waals surface area contributed by atoms with Crippen LogP contribution in [0, 0.1) is 0 Å². The fraction of sp³-hybridized carbons (Fsp3) is 0.111. The van der Waals surface area contributed by atoms with E-state index in [-0.39, 0.29) is 17.2 Å². The largest absolute Gasteiger partial charge is 0.508 e. The lowest BCUT2D eigenvalue weighted by molar-refractivity contribution is 0.225. The van der Waals surface area contributed by atoms with Crippen molar-refractivity contribution in [2.45, 2.75) is 13.3 Å². The summed E-state index contributed by atoms with van der Waals surface area (Å²) in [6.45, 7) is 1.89. The predicted molar refractivity (Wildman–Crippen MR) is 97.3 cm³/mol. The number of nitrogens with zero attached hydrogens (tertiary/aromatic N) is 2. The fourth-order valence-electron chi connectivity index (χ4n) is 2.40. The third-order valence-corrected chi connectivity index (χ3v) is 4.64. The summed E-state index contributed by atoms with van der Waals surface area (Å²) in [6, 6.07) is 12.5. The monoisotopic (exact) mass is 355 g/mol. The molecule has 0 bridgehead atoms. The van der Waals surface area contributed by atoms with E-state index in [0.29, 0.717) is 22.6 Å². The Balaban J connectivity index is 1.98. The second-order valence-corrected chi connectivity index (χ2v) is 6.34. The van der Waals surface area contributed by atoms with Crippen molar-refractivity contribution in [1.29, 1.82) is 0 Å². The van der Waals surface area contributed by atoms with Crippen LogP contribution >= 0.6 is 11.3 Å². The van der Waals surface area contributed by atoms with Gasteiger partial charge in [-0.3, -0.25) is 10.7 Å². The number of nitrogens with one attached hydrogen (secondary N) is 1. The standard InChI is InChI=1S/C18H17N3O3S/c1-2-11-8-13(16(23)10-15(11)22)14(21-24)9-17-19-20-18(25-17)12-6-4-3-5-7-12/h3-10,21-24H,2H2,1H3/b14-9-. The van der Waals surface area contributed by atoms with Gasteiger partial charge in [0.1, 0.15) is 21.5 Å². The third kappa shape index (κ3) is 3.62. The van der Waals surface area contributed by atoms with E-state index >= 15 is 0 Å². The van der Waals surface area contributed by atoms with Gasteiger partial charge in [0.15, 0.2) is 0 Å². The number of rotatable bonds is 5. The third-order valence-electron chi connectivity index (χ3n) is 3.72. The van der Waals surface area contributed by atoms with E-state index in [1.54, 1.807) is 12.1 Å². The van der Waals surface area contributed by atoms with E-state index in [1.807, 2.05) is 37.3 Å². The van der Waals surface area contributed by atoms with Crippen LogP contribution < -0.4 is 5.48 Å². The summed E-state index contributed by atoms with van der Waals surface area (Å²) < 4.78 is 0. The quantitative estimate of drug-likeness (QED) is 0.522. The Kier molecular flexibility index (Phi) is 4.97. The second kappa shape index (κ2) is 7.33. The van der Waals surface area contributed by atoms with Gasteiger partial charge in [-0.05, 0) is 18.1 Å². The van der Waals surface area contributed by atoms with Crippen molar-refractivity contribution in [2.24, 2.45) is 0 Å². The van der Waals surface area contributed by atoms with Gasteiger partial charge in [0.2, 0.25) is 0 Å². The smallest absolute Gasteiger partial charge is 0.148 e. The summed E-state index contributed by atoms with van der Waals surface area (Å²) in [4.78, 5) is 0. The van der Waals surface area contributed by atoms with Crippen LogP contribution in [0.3, 0.4) is 0 Å². The minimum absolute atomic E-state index is 0.0170. The molecule has 3 rings (SSSR count). The van der Waals surface area contributed by atoms with E-state index in [0.717, 1.165) is 10.6 Å². The lowest BCUT2D eigenvalue weighted by atomic mass is 10.0. The molecule has 0 amide bonds. The van der Waals surface area contributed by atoms with Crippen LogP contribution in [-0.4, -0.2) is 25.6 Å². The summed E-state index contributed by atoms with van der Waals surface area (Å²) in [6.07, 6.45) is 2.18. The van der Waals surface area contributed by atoms with Gasteiger partial charge in [0, 0.05) is 23.3 Å². The maximum absolute atomic E-state index is 10.1. The topological polar surface area (TPSA) is 98.5 Å². The molecule has 6 nitrogen and oxygen atoms in total. The van der Waals surface area contributed by atoms with Crippen molar-refractivity contribution in [3.8, 4) is 22.1 Å². The number of hydroxylamine groups is 1. The average molecular weight is 355 g/mol. The van der Waals surface area contributed by atoms with E-state index in [2.05, 4.69) is 15.7 Å². The van der Waals surface area contributed by atoms with Gasteiger partial charge in [-0.25, -0.2) is 0 Å². The molecule has 1 aromatic heterocycles. The lowest BCUT2D eigenvalue weighted by Gasteiger charge is -2.11. The van der Waals surface area contributed by atoms with Crippen molar-refractivity contribution in [3.05, 3.63) is 58.6 Å². The van der Waals surface area contributed by atoms with Crippen LogP contribution in [0.15, 0.2) is 42.5 Å². The normalized spacial score (nSPS) is 11.5. The Labute approximate surface area is 148 Å². The Morgan fingerprint density at radius 3 is 2.56 bits per heavy atom. The average Bonchev–Trinajstić information content (AvgIpc) is 3.10. The first-order chi connectivity index (χ1) is 12.1. The summed E-state index contributed by atoms with van der Waals surface area (Å²) in [7, 11) is 0. The van der Waals surface area contributed by atoms with Gasteiger partial charge in [0.05, 0.1) is 5.70 Å². The molecule has 0 saturated heterocycles. The zero-order valence-corrected chi connectivity index (χ0v) is 14.3. The highest BCUT2D eigenvalue weighted by atomic mass is 32.1. The van der Waals surface area contributed by atoms with Crippen molar-refractivity contribution in [1.82, 2.24) is 15.7 Å². The van der Waals surface area contributed by atoms with E-state index in [9.17, 15) is 15.4 Å². The molecule has 0 atom stereocenters. The first-order valence-corrected chi connectivity index (χ1v) is 8.50. The zero-order chi connectivity index (χ0) is 17.8. The summed E-state index contributed by atoms with van der Waals surface area (Å²) in [5.41, 5.74) is 4.34. The summed E-state index contributed by atoms with van der Waals surface area (Å²) in [5, 5.41) is 39.0. The molecule has 0 fully saturated rings. The molecular formula is C18H17N3O3S. The number of aromatic nitrogens is 2. The molecule has 0 radical (unpaired) electrons. The zero-order valence-electron chi connectivity index (χ0n) is 13.5. The van der Waals surface area contributed by atoms with Crippen molar-refractivity contribution < 1.29 is 15.4 Å². The molecular weight excluding hydrogens is 338 g/mol. The number of aryl methyl sites for hydroxylation is 1. The molecule has 3 aromatic rings. The van der Waals surface area contributed by atoms with Crippen molar-refractivity contribution >= 4 is 23.1 Å². The summed E-state index contributed by atoms with van der Waals surface area (Å²) in [5.74, 6) is -0.126. The first kappa shape index (κ1) is 16.9. The first-order valence-electron chi connectivity index (χ1n) is 7.68.